The van der Waals surface area contributed by atoms with Crippen molar-refractivity contribution in [1.82, 2.24) is 4.90 Å². The lowest BCUT2D eigenvalue weighted by Gasteiger charge is -2.21. The van der Waals surface area contributed by atoms with E-state index >= 15 is 0 Å². The summed E-state index contributed by atoms with van der Waals surface area (Å²) in [6, 6.07) is 4.94. The molecule has 0 unspecified atom stereocenters. The quantitative estimate of drug-likeness (QED) is 0.727. The molecule has 1 aromatic carbocycles. The molecule has 0 aromatic heterocycles. The Hall–Kier alpha value is -1.24. The number of carbonyl (C=O) groups is 1. The number of halogens is 4. The summed E-state index contributed by atoms with van der Waals surface area (Å²) in [4.78, 5) is 13.8. The molecule has 1 aromatic rings. The van der Waals surface area contributed by atoms with Gasteiger partial charge in [-0.15, -0.1) is 13.2 Å². The van der Waals surface area contributed by atoms with E-state index in [9.17, 15) is 18.0 Å². The predicted molar refractivity (Wildman–Crippen MR) is 73.1 cm³/mol. The maximum Gasteiger partial charge on any atom is 0.573 e. The number of hydrogen-bond acceptors (Lipinski definition) is 2. The van der Waals surface area contributed by atoms with Crippen molar-refractivity contribution < 1.29 is 22.7 Å². The molecular weight excluding hydrogens is 339 g/mol. The minimum atomic E-state index is -4.73. The van der Waals surface area contributed by atoms with Crippen molar-refractivity contribution in [2.24, 2.45) is 0 Å². The van der Waals surface area contributed by atoms with E-state index in [0.29, 0.717) is 24.0 Å². The molecule has 0 saturated heterocycles. The molecule has 0 bridgehead atoms. The lowest BCUT2D eigenvalue weighted by atomic mass is 10.2. The van der Waals surface area contributed by atoms with E-state index < -0.39 is 6.36 Å². The van der Waals surface area contributed by atoms with E-state index in [4.69, 9.17) is 0 Å². The van der Waals surface area contributed by atoms with Crippen LogP contribution >= 0.6 is 15.9 Å². The van der Waals surface area contributed by atoms with Gasteiger partial charge in [0.25, 0.3) is 5.91 Å². The smallest absolute Gasteiger partial charge is 0.406 e. The summed E-state index contributed by atoms with van der Waals surface area (Å²) in [6.45, 7) is 3.10. The molecule has 0 aliphatic rings. The monoisotopic (exact) mass is 353 g/mol. The third-order valence-corrected chi connectivity index (χ3v) is 2.82. The Balaban J connectivity index is 2.78. The summed E-state index contributed by atoms with van der Waals surface area (Å²) in [5, 5.41) is 0.647. The third kappa shape index (κ3) is 5.40. The van der Waals surface area contributed by atoms with Crippen molar-refractivity contribution in [3.63, 3.8) is 0 Å². The summed E-state index contributed by atoms with van der Waals surface area (Å²) in [5.74, 6) is -0.540. The van der Waals surface area contributed by atoms with Crippen LogP contribution in [-0.4, -0.2) is 35.6 Å². The number of carbonyl (C=O) groups excluding carboxylic acids is 1. The van der Waals surface area contributed by atoms with Crippen molar-refractivity contribution in [1.29, 1.82) is 0 Å². The molecule has 0 radical (unpaired) electrons. The summed E-state index contributed by atoms with van der Waals surface area (Å²) in [6.07, 6.45) is -3.91. The standard InChI is InChI=1S/C13H15BrF3NO2/c1-2-8-18(9-7-14)12(19)10-3-5-11(6-4-10)20-13(15,16)17/h3-6H,2,7-9H2,1H3. The van der Waals surface area contributed by atoms with Gasteiger partial charge in [-0.25, -0.2) is 0 Å². The number of nitrogens with zero attached hydrogens (tertiary/aromatic N) is 1. The van der Waals surface area contributed by atoms with Gasteiger partial charge in [-0.2, -0.15) is 0 Å². The van der Waals surface area contributed by atoms with Crippen molar-refractivity contribution in [3.05, 3.63) is 29.8 Å². The molecule has 0 N–H and O–H groups in total. The highest BCUT2D eigenvalue weighted by Crippen LogP contribution is 2.23. The minimum absolute atomic E-state index is 0.204. The molecule has 0 heterocycles. The highest BCUT2D eigenvalue weighted by molar-refractivity contribution is 9.09. The van der Waals surface area contributed by atoms with Gasteiger partial charge in [-0.3, -0.25) is 4.79 Å². The Morgan fingerprint density at radius 3 is 2.30 bits per heavy atom. The molecule has 1 rings (SSSR count). The normalized spacial score (nSPS) is 11.2. The second kappa shape index (κ2) is 7.52. The maximum absolute atomic E-state index is 12.2. The summed E-state index contributed by atoms with van der Waals surface area (Å²) < 4.78 is 39.8. The molecule has 7 heteroatoms. The fraction of sp³-hybridized carbons (Fsp3) is 0.462. The second-order valence-electron chi connectivity index (χ2n) is 4.05. The van der Waals surface area contributed by atoms with Crippen LogP contribution in [-0.2, 0) is 0 Å². The zero-order chi connectivity index (χ0) is 15.2. The molecule has 0 atom stereocenters. The van der Waals surface area contributed by atoms with Gasteiger partial charge in [0, 0.05) is 24.0 Å². The van der Waals surface area contributed by atoms with Crippen LogP contribution < -0.4 is 4.74 Å². The molecular formula is C13H15BrF3NO2. The van der Waals surface area contributed by atoms with Gasteiger partial charge in [0.05, 0.1) is 0 Å². The first kappa shape index (κ1) is 16.8. The fourth-order valence-electron chi connectivity index (χ4n) is 1.67. The topological polar surface area (TPSA) is 29.5 Å². The lowest BCUT2D eigenvalue weighted by Crippen LogP contribution is -2.33. The summed E-state index contributed by atoms with van der Waals surface area (Å²) in [5.41, 5.74) is 0.342. The molecule has 0 aliphatic carbocycles. The number of hydrogen-bond donors (Lipinski definition) is 0. The van der Waals surface area contributed by atoms with Gasteiger partial charge < -0.3 is 9.64 Å². The Morgan fingerprint density at radius 1 is 1.25 bits per heavy atom. The van der Waals surface area contributed by atoms with Gasteiger partial charge in [0.2, 0.25) is 0 Å². The van der Waals surface area contributed by atoms with Crippen LogP contribution in [0.25, 0.3) is 0 Å². The van der Waals surface area contributed by atoms with Gasteiger partial charge in [0.15, 0.2) is 0 Å². The molecule has 0 saturated carbocycles. The van der Waals surface area contributed by atoms with Crippen molar-refractivity contribution in [2.45, 2.75) is 19.7 Å². The van der Waals surface area contributed by atoms with Crippen LogP contribution in [0.5, 0.6) is 5.75 Å². The maximum atomic E-state index is 12.2. The first-order valence-corrected chi connectivity index (χ1v) is 7.20. The van der Waals surface area contributed by atoms with Crippen LogP contribution in [0.2, 0.25) is 0 Å². The van der Waals surface area contributed by atoms with Crippen LogP contribution in [0.4, 0.5) is 13.2 Å². The van der Waals surface area contributed by atoms with Crippen LogP contribution in [0.15, 0.2) is 24.3 Å². The molecule has 0 spiro atoms. The Morgan fingerprint density at radius 2 is 1.85 bits per heavy atom. The molecule has 20 heavy (non-hydrogen) atoms. The van der Waals surface area contributed by atoms with E-state index in [1.165, 1.54) is 12.1 Å². The van der Waals surface area contributed by atoms with Crippen LogP contribution in [0.3, 0.4) is 0 Å². The number of rotatable bonds is 6. The minimum Gasteiger partial charge on any atom is -0.406 e. The summed E-state index contributed by atoms with van der Waals surface area (Å²) >= 11 is 3.27. The molecule has 112 valence electrons. The molecule has 1 amide bonds. The SMILES string of the molecule is CCCN(CCBr)C(=O)c1ccc(OC(F)(F)F)cc1. The van der Waals surface area contributed by atoms with Crippen molar-refractivity contribution in [2.75, 3.05) is 18.4 Å². The van der Waals surface area contributed by atoms with E-state index in [2.05, 4.69) is 20.7 Å². The number of amides is 1. The first-order chi connectivity index (χ1) is 9.37. The number of ether oxygens (including phenoxy) is 1. The van der Waals surface area contributed by atoms with Gasteiger partial charge in [0.1, 0.15) is 5.75 Å². The largest absolute Gasteiger partial charge is 0.573 e. The van der Waals surface area contributed by atoms with Gasteiger partial charge in [-0.05, 0) is 30.7 Å². The average Bonchev–Trinajstić information content (AvgIpc) is 2.37. The Kier molecular flexibility index (Phi) is 6.32. The highest BCUT2D eigenvalue weighted by atomic mass is 79.9. The predicted octanol–water partition coefficient (Wildman–Crippen LogP) is 3.83. The highest BCUT2D eigenvalue weighted by Gasteiger charge is 2.31. The van der Waals surface area contributed by atoms with Crippen molar-refractivity contribution >= 4 is 21.8 Å². The lowest BCUT2D eigenvalue weighted by molar-refractivity contribution is -0.274. The fourth-order valence-corrected chi connectivity index (χ4v) is 2.10. The van der Waals surface area contributed by atoms with Crippen LogP contribution in [0, 0.1) is 0 Å². The second-order valence-corrected chi connectivity index (χ2v) is 4.85. The molecule has 0 aliphatic heterocycles. The van der Waals surface area contributed by atoms with E-state index in [-0.39, 0.29) is 11.7 Å². The van der Waals surface area contributed by atoms with E-state index in [1.807, 2.05) is 6.92 Å². The van der Waals surface area contributed by atoms with E-state index in [1.54, 1.807) is 4.90 Å². The van der Waals surface area contributed by atoms with Crippen LogP contribution in [0.1, 0.15) is 23.7 Å². The van der Waals surface area contributed by atoms with Gasteiger partial charge >= 0.3 is 6.36 Å². The Bertz CT molecular complexity index is 428. The molecule has 0 fully saturated rings. The summed E-state index contributed by atoms with van der Waals surface area (Å²) in [7, 11) is 0. The number of alkyl halides is 4. The average molecular weight is 354 g/mol. The van der Waals surface area contributed by atoms with Gasteiger partial charge in [-0.1, -0.05) is 22.9 Å². The molecule has 3 nitrogen and oxygen atoms in total. The first-order valence-electron chi connectivity index (χ1n) is 6.08. The number of benzene rings is 1. The van der Waals surface area contributed by atoms with Crippen molar-refractivity contribution in [3.8, 4) is 5.75 Å². The zero-order valence-corrected chi connectivity index (χ0v) is 12.5. The third-order valence-electron chi connectivity index (χ3n) is 2.47. The van der Waals surface area contributed by atoms with E-state index in [0.717, 1.165) is 18.6 Å². The Labute approximate surface area is 123 Å². The zero-order valence-electron chi connectivity index (χ0n) is 10.9.